The summed E-state index contributed by atoms with van der Waals surface area (Å²) in [5.41, 5.74) is 6.23. The third-order valence-corrected chi connectivity index (χ3v) is 6.43. The zero-order valence-electron chi connectivity index (χ0n) is 14.8. The van der Waals surface area contributed by atoms with E-state index in [-0.39, 0.29) is 24.1 Å². The van der Waals surface area contributed by atoms with Crippen molar-refractivity contribution in [2.45, 2.75) is 12.0 Å². The van der Waals surface area contributed by atoms with E-state index in [1.54, 1.807) is 24.4 Å². The summed E-state index contributed by atoms with van der Waals surface area (Å²) in [6.07, 6.45) is 2.33. The number of halogens is 2. The molecule has 0 radical (unpaired) electrons. The van der Waals surface area contributed by atoms with Crippen LogP contribution in [-0.4, -0.2) is 35.0 Å². The molecule has 1 amide bonds. The number of carbonyl (C=O) groups excluding carboxylic acids is 1. The fourth-order valence-electron chi connectivity index (χ4n) is 3.57. The normalized spacial score (nSPS) is 24.2. The number of hydrogen-bond donors (Lipinski definition) is 2. The summed E-state index contributed by atoms with van der Waals surface area (Å²) in [5.74, 6) is 0.115. The number of amidine groups is 1. The van der Waals surface area contributed by atoms with Crippen LogP contribution in [0.2, 0.25) is 0 Å². The number of anilines is 1. The van der Waals surface area contributed by atoms with Gasteiger partial charge in [0.25, 0.3) is 5.91 Å². The second kappa shape index (κ2) is 7.81. The van der Waals surface area contributed by atoms with Gasteiger partial charge in [0.1, 0.15) is 17.1 Å². The number of hydrogen-bond acceptors (Lipinski definition) is 6. The molecule has 2 aromatic rings. The minimum absolute atomic E-state index is 0.118. The van der Waals surface area contributed by atoms with Gasteiger partial charge in [-0.25, -0.2) is 14.4 Å². The molecular formula is C19H18BrFN4O2S. The Morgan fingerprint density at radius 2 is 2.25 bits per heavy atom. The summed E-state index contributed by atoms with van der Waals surface area (Å²) >= 11 is 4.77. The molecule has 1 saturated heterocycles. The number of ether oxygens (including phenoxy) is 1. The van der Waals surface area contributed by atoms with E-state index in [0.717, 1.165) is 16.6 Å². The van der Waals surface area contributed by atoms with Gasteiger partial charge in [-0.3, -0.25) is 4.79 Å². The minimum atomic E-state index is -0.867. The lowest BCUT2D eigenvalue weighted by molar-refractivity contribution is 0.00304. The van der Waals surface area contributed by atoms with Crippen LogP contribution in [0.3, 0.4) is 0 Å². The van der Waals surface area contributed by atoms with Crippen molar-refractivity contribution in [2.75, 3.05) is 24.3 Å². The number of nitrogens with one attached hydrogen (secondary N) is 1. The van der Waals surface area contributed by atoms with Gasteiger partial charge in [-0.15, -0.1) is 0 Å². The molecule has 3 N–H and O–H groups in total. The Labute approximate surface area is 174 Å². The molecule has 2 aliphatic heterocycles. The maximum Gasteiger partial charge on any atom is 0.274 e. The fraction of sp³-hybridized carbons (Fsp3) is 0.316. The Morgan fingerprint density at radius 3 is 3.04 bits per heavy atom. The van der Waals surface area contributed by atoms with Crippen LogP contribution in [0.1, 0.15) is 22.5 Å². The summed E-state index contributed by atoms with van der Waals surface area (Å²) in [7, 11) is 0. The molecule has 4 rings (SSSR count). The second-order valence-electron chi connectivity index (χ2n) is 6.73. The van der Waals surface area contributed by atoms with Gasteiger partial charge in [-0.2, -0.15) is 0 Å². The standard InChI is InChI=1S/C19H18BrFN4O2S/c20-12-1-4-16(23-8-12)17(26)24-13-2-3-15(21)14(7-13)19-10-27-6-5-11(19)9-28-18(22)25-19/h1-4,7-8,11H,5-6,9-10H2,(H2,22,25)(H,24,26)/t11-,19-/m0/s1. The quantitative estimate of drug-likeness (QED) is 0.724. The van der Waals surface area contributed by atoms with Gasteiger partial charge in [0, 0.05) is 40.2 Å². The monoisotopic (exact) mass is 464 g/mol. The number of nitrogens with two attached hydrogens (primary N) is 1. The van der Waals surface area contributed by atoms with Crippen molar-refractivity contribution < 1.29 is 13.9 Å². The van der Waals surface area contributed by atoms with Gasteiger partial charge >= 0.3 is 0 Å². The molecule has 0 spiro atoms. The Morgan fingerprint density at radius 1 is 1.39 bits per heavy atom. The Kier molecular flexibility index (Phi) is 5.39. The largest absolute Gasteiger partial charge is 0.379 e. The zero-order chi connectivity index (χ0) is 19.7. The molecule has 1 aromatic carbocycles. The van der Waals surface area contributed by atoms with Crippen LogP contribution in [0.15, 0.2) is 46.0 Å². The first-order chi connectivity index (χ1) is 13.5. The molecule has 9 heteroatoms. The van der Waals surface area contributed by atoms with E-state index in [4.69, 9.17) is 10.5 Å². The number of pyridine rings is 1. The maximum atomic E-state index is 14.8. The molecule has 0 bridgehead atoms. The summed E-state index contributed by atoms with van der Waals surface area (Å²) < 4.78 is 21.3. The Hall–Kier alpha value is -1.97. The SMILES string of the molecule is NC1=N[C@@]2(c3cc(NC(=O)c4ccc(Br)cn4)ccc3F)COCC[C@H]2CS1. The third-order valence-electron chi connectivity index (χ3n) is 5.00. The Bertz CT molecular complexity index is 940. The van der Waals surface area contributed by atoms with E-state index in [1.165, 1.54) is 23.9 Å². The van der Waals surface area contributed by atoms with Gasteiger partial charge in [0.2, 0.25) is 0 Å². The number of aliphatic imine (C=N–C) groups is 1. The molecule has 0 saturated carbocycles. The first-order valence-corrected chi connectivity index (χ1v) is 10.5. The first kappa shape index (κ1) is 19.4. The molecule has 28 heavy (non-hydrogen) atoms. The van der Waals surface area contributed by atoms with Crippen molar-refractivity contribution in [1.82, 2.24) is 4.98 Å². The highest BCUT2D eigenvalue weighted by Gasteiger charge is 2.47. The lowest BCUT2D eigenvalue weighted by Crippen LogP contribution is -2.48. The molecule has 3 heterocycles. The highest BCUT2D eigenvalue weighted by atomic mass is 79.9. The van der Waals surface area contributed by atoms with Crippen molar-refractivity contribution in [3.05, 3.63) is 58.1 Å². The van der Waals surface area contributed by atoms with Crippen LogP contribution in [0.5, 0.6) is 0 Å². The molecule has 146 valence electrons. The zero-order valence-corrected chi connectivity index (χ0v) is 17.2. The number of fused-ring (bicyclic) bond motifs is 1. The van der Waals surface area contributed by atoms with Crippen molar-refractivity contribution in [3.63, 3.8) is 0 Å². The number of aromatic nitrogens is 1. The number of benzene rings is 1. The van der Waals surface area contributed by atoms with Crippen molar-refractivity contribution in [1.29, 1.82) is 0 Å². The lowest BCUT2D eigenvalue weighted by Gasteiger charge is -2.43. The maximum absolute atomic E-state index is 14.8. The predicted octanol–water partition coefficient (Wildman–Crippen LogP) is 3.53. The minimum Gasteiger partial charge on any atom is -0.379 e. The smallest absolute Gasteiger partial charge is 0.274 e. The van der Waals surface area contributed by atoms with Crippen LogP contribution < -0.4 is 11.1 Å². The molecule has 2 atom stereocenters. The average molecular weight is 465 g/mol. The number of nitrogens with zero attached hydrogens (tertiary/aromatic N) is 2. The second-order valence-corrected chi connectivity index (χ2v) is 8.69. The van der Waals surface area contributed by atoms with Crippen molar-refractivity contribution in [3.8, 4) is 0 Å². The van der Waals surface area contributed by atoms with E-state index in [1.807, 2.05) is 0 Å². The van der Waals surface area contributed by atoms with Gasteiger partial charge in [0.15, 0.2) is 5.17 Å². The highest BCUT2D eigenvalue weighted by molar-refractivity contribution is 9.10. The van der Waals surface area contributed by atoms with Gasteiger partial charge in [-0.05, 0) is 52.7 Å². The van der Waals surface area contributed by atoms with E-state index in [2.05, 4.69) is 31.2 Å². The highest BCUT2D eigenvalue weighted by Crippen LogP contribution is 2.45. The van der Waals surface area contributed by atoms with E-state index in [9.17, 15) is 9.18 Å². The molecule has 2 aliphatic rings. The summed E-state index contributed by atoms with van der Waals surface area (Å²) in [6, 6.07) is 7.83. The summed E-state index contributed by atoms with van der Waals surface area (Å²) in [5, 5.41) is 3.20. The topological polar surface area (TPSA) is 89.6 Å². The van der Waals surface area contributed by atoms with E-state index in [0.29, 0.717) is 23.0 Å². The van der Waals surface area contributed by atoms with E-state index < -0.39 is 11.4 Å². The average Bonchev–Trinajstić information content (AvgIpc) is 2.69. The number of carbonyl (C=O) groups is 1. The van der Waals surface area contributed by atoms with Gasteiger partial charge in [-0.1, -0.05) is 11.8 Å². The van der Waals surface area contributed by atoms with Crippen LogP contribution in [0.25, 0.3) is 0 Å². The first-order valence-electron chi connectivity index (χ1n) is 8.77. The van der Waals surface area contributed by atoms with Crippen LogP contribution in [0, 0.1) is 11.7 Å². The number of rotatable bonds is 3. The van der Waals surface area contributed by atoms with Crippen molar-refractivity contribution >= 4 is 44.5 Å². The van der Waals surface area contributed by atoms with Crippen LogP contribution in [0.4, 0.5) is 10.1 Å². The lowest BCUT2D eigenvalue weighted by atomic mass is 9.76. The number of thioether (sulfide) groups is 1. The van der Waals surface area contributed by atoms with Crippen LogP contribution in [-0.2, 0) is 10.3 Å². The fourth-order valence-corrected chi connectivity index (χ4v) is 4.84. The van der Waals surface area contributed by atoms with Gasteiger partial charge < -0.3 is 15.8 Å². The third kappa shape index (κ3) is 3.66. The molecule has 0 aliphatic carbocycles. The van der Waals surface area contributed by atoms with Crippen LogP contribution >= 0.6 is 27.7 Å². The van der Waals surface area contributed by atoms with Gasteiger partial charge in [0.05, 0.1) is 6.61 Å². The molecular weight excluding hydrogens is 447 g/mol. The summed E-state index contributed by atoms with van der Waals surface area (Å²) in [4.78, 5) is 21.2. The molecule has 0 unspecified atom stereocenters. The number of amides is 1. The van der Waals surface area contributed by atoms with E-state index >= 15 is 0 Å². The molecule has 6 nitrogen and oxygen atoms in total. The predicted molar refractivity (Wildman–Crippen MR) is 111 cm³/mol. The Balaban J connectivity index is 1.68. The summed E-state index contributed by atoms with van der Waals surface area (Å²) in [6.45, 7) is 0.886. The molecule has 1 aromatic heterocycles. The molecule has 1 fully saturated rings. The van der Waals surface area contributed by atoms with Crippen molar-refractivity contribution in [2.24, 2.45) is 16.6 Å².